The maximum atomic E-state index is 13.6. The fourth-order valence-electron chi connectivity index (χ4n) is 6.89. The van der Waals surface area contributed by atoms with E-state index in [9.17, 15) is 27.6 Å². The lowest BCUT2D eigenvalue weighted by atomic mass is 9.94. The first kappa shape index (κ1) is 36.7. The molecule has 0 spiro atoms. The quantitative estimate of drug-likeness (QED) is 0.168. The largest absolute Gasteiger partial charge is 0.443 e. The van der Waals surface area contributed by atoms with E-state index in [1.807, 2.05) is 45.0 Å². The van der Waals surface area contributed by atoms with Crippen LogP contribution in [-0.2, 0) is 27.7 Å². The number of rotatable bonds is 9. The molecule has 0 atom stereocenters. The van der Waals surface area contributed by atoms with E-state index in [0.717, 1.165) is 47.8 Å². The van der Waals surface area contributed by atoms with E-state index in [2.05, 4.69) is 10.3 Å². The molecule has 6 rings (SSSR count). The van der Waals surface area contributed by atoms with Gasteiger partial charge in [0.15, 0.2) is 14.9 Å². The molecule has 0 bridgehead atoms. The molecule has 274 valence electrons. The van der Waals surface area contributed by atoms with E-state index >= 15 is 0 Å². The number of aromatic nitrogens is 3. The number of sulfone groups is 1. The minimum atomic E-state index is -3.82. The van der Waals surface area contributed by atoms with Gasteiger partial charge in [-0.2, -0.15) is 0 Å². The lowest BCUT2D eigenvalue weighted by Crippen LogP contribution is -2.45. The zero-order valence-electron chi connectivity index (χ0n) is 29.8. The predicted molar refractivity (Wildman–Crippen MR) is 199 cm³/mol. The monoisotopic (exact) mass is 727 g/mol. The van der Waals surface area contributed by atoms with Crippen molar-refractivity contribution >= 4 is 27.7 Å². The molecule has 1 aliphatic carbocycles. The van der Waals surface area contributed by atoms with Gasteiger partial charge in [0.25, 0.3) is 11.5 Å². The summed E-state index contributed by atoms with van der Waals surface area (Å²) < 4.78 is 34.1. The fraction of sp³-hybridized carbons (Fsp3) is 0.410. The molecule has 1 fully saturated rings. The smallest absolute Gasteiger partial charge is 0.416 e. The summed E-state index contributed by atoms with van der Waals surface area (Å²) in [5.74, 6) is 0.106. The van der Waals surface area contributed by atoms with Gasteiger partial charge in [-0.05, 0) is 81.8 Å². The summed E-state index contributed by atoms with van der Waals surface area (Å²) >= 11 is 0. The first-order valence-electron chi connectivity index (χ1n) is 17.9. The number of hydrogen-bond donors (Lipinski definition) is 1. The fourth-order valence-corrected chi connectivity index (χ4v) is 8.62. The van der Waals surface area contributed by atoms with Crippen LogP contribution in [0.3, 0.4) is 0 Å². The van der Waals surface area contributed by atoms with Crippen LogP contribution in [0.5, 0.6) is 0 Å². The zero-order valence-corrected chi connectivity index (χ0v) is 30.7. The second-order valence-electron chi connectivity index (χ2n) is 14.3. The van der Waals surface area contributed by atoms with Gasteiger partial charge >= 0.3 is 11.8 Å². The Morgan fingerprint density at radius 1 is 0.904 bits per heavy atom. The van der Waals surface area contributed by atoms with Crippen molar-refractivity contribution in [2.24, 2.45) is 0 Å². The number of nitrogens with zero attached hydrogens (tertiary/aromatic N) is 4. The average Bonchev–Trinajstić information content (AvgIpc) is 3.12. The van der Waals surface area contributed by atoms with Crippen LogP contribution in [0.25, 0.3) is 22.3 Å². The maximum Gasteiger partial charge on any atom is 0.416 e. The van der Waals surface area contributed by atoms with Crippen molar-refractivity contribution < 1.29 is 22.7 Å². The van der Waals surface area contributed by atoms with Gasteiger partial charge in [0.2, 0.25) is 0 Å². The van der Waals surface area contributed by atoms with E-state index < -0.39 is 32.8 Å². The Labute approximate surface area is 303 Å². The van der Waals surface area contributed by atoms with Gasteiger partial charge in [0.1, 0.15) is 11.4 Å². The van der Waals surface area contributed by atoms with Gasteiger partial charge in [-0.1, -0.05) is 61.7 Å². The predicted octanol–water partition coefficient (Wildman–Crippen LogP) is 5.81. The number of ether oxygens (including phenoxy) is 1. The topological polar surface area (TPSA) is 150 Å². The van der Waals surface area contributed by atoms with Gasteiger partial charge in [-0.25, -0.2) is 23.0 Å². The van der Waals surface area contributed by atoms with E-state index in [0.29, 0.717) is 16.9 Å². The molecule has 13 heteroatoms. The van der Waals surface area contributed by atoms with Gasteiger partial charge in [0, 0.05) is 43.0 Å². The molecule has 2 aromatic heterocycles. The van der Waals surface area contributed by atoms with Crippen LogP contribution in [0.1, 0.15) is 76.1 Å². The Morgan fingerprint density at radius 3 is 2.25 bits per heavy atom. The summed E-state index contributed by atoms with van der Waals surface area (Å²) in [5.41, 5.74) is 0.582. The van der Waals surface area contributed by atoms with Crippen molar-refractivity contribution in [3.63, 3.8) is 0 Å². The molecule has 1 saturated carbocycles. The molecule has 3 heterocycles. The van der Waals surface area contributed by atoms with Crippen molar-refractivity contribution in [2.45, 2.75) is 95.5 Å². The van der Waals surface area contributed by atoms with Crippen LogP contribution >= 0.6 is 0 Å². The summed E-state index contributed by atoms with van der Waals surface area (Å²) in [7, 11) is -3.82. The number of nitrogens with one attached hydrogen (secondary N) is 1. The summed E-state index contributed by atoms with van der Waals surface area (Å²) in [6.07, 6.45) is 6.95. The molecule has 0 unspecified atom stereocenters. The number of carbonyl (C=O) groups is 2. The molecule has 0 saturated heterocycles. The Balaban J connectivity index is 1.11. The van der Waals surface area contributed by atoms with Crippen LogP contribution in [0.15, 0.2) is 87.5 Å². The van der Waals surface area contributed by atoms with Crippen LogP contribution in [0, 0.1) is 0 Å². The molecular formula is C39H45N5O7S. The summed E-state index contributed by atoms with van der Waals surface area (Å²) in [6, 6.07) is 19.3. The molecular weight excluding hydrogens is 683 g/mol. The molecule has 0 radical (unpaired) electrons. The van der Waals surface area contributed by atoms with Crippen LogP contribution in [-0.4, -0.2) is 58.5 Å². The first-order chi connectivity index (χ1) is 24.8. The summed E-state index contributed by atoms with van der Waals surface area (Å²) in [4.78, 5) is 59.5. The molecule has 2 aliphatic rings. The van der Waals surface area contributed by atoms with Gasteiger partial charge < -0.3 is 10.1 Å². The molecule has 4 aromatic rings. The molecule has 1 N–H and O–H groups in total. The van der Waals surface area contributed by atoms with E-state index in [1.165, 1.54) is 4.57 Å². The number of amides is 2. The number of anilines is 1. The number of benzene rings is 2. The second-order valence-corrected chi connectivity index (χ2v) is 16.4. The number of carbonyl (C=O) groups excluding carboxylic acids is 2. The SMILES string of the molecule is CC(C)(C)OC(=O)N(c1ccc(-c2ccc(C(=O)NCCCn3c(=O)c(-c4ccccc4)c4n(c3=O)CCCS4(=O)=O)cc2)cn1)C1CCCCC1. The summed E-state index contributed by atoms with van der Waals surface area (Å²) in [5, 5.41) is 2.63. The van der Waals surface area contributed by atoms with Crippen molar-refractivity contribution in [3.8, 4) is 22.3 Å². The van der Waals surface area contributed by atoms with Crippen LogP contribution < -0.4 is 21.5 Å². The lowest BCUT2D eigenvalue weighted by Gasteiger charge is -2.34. The normalized spacial score (nSPS) is 15.8. The van der Waals surface area contributed by atoms with Crippen molar-refractivity contribution in [1.29, 1.82) is 0 Å². The minimum absolute atomic E-state index is 0.00143. The van der Waals surface area contributed by atoms with Crippen molar-refractivity contribution in [2.75, 3.05) is 17.2 Å². The van der Waals surface area contributed by atoms with Gasteiger partial charge in [-0.3, -0.25) is 23.6 Å². The molecule has 12 nitrogen and oxygen atoms in total. The average molecular weight is 728 g/mol. The third kappa shape index (κ3) is 8.04. The van der Waals surface area contributed by atoms with Crippen LogP contribution in [0.4, 0.5) is 10.6 Å². The molecule has 2 amide bonds. The lowest BCUT2D eigenvalue weighted by molar-refractivity contribution is 0.0556. The number of hydrogen-bond acceptors (Lipinski definition) is 8. The Kier molecular flexibility index (Phi) is 10.8. The van der Waals surface area contributed by atoms with Crippen molar-refractivity contribution in [3.05, 3.63) is 99.3 Å². The Bertz CT molecular complexity index is 2150. The summed E-state index contributed by atoms with van der Waals surface area (Å²) in [6.45, 7) is 5.95. The van der Waals surface area contributed by atoms with Gasteiger partial charge in [-0.15, -0.1) is 0 Å². The highest BCUT2D eigenvalue weighted by atomic mass is 32.2. The highest BCUT2D eigenvalue weighted by Gasteiger charge is 2.33. The van der Waals surface area contributed by atoms with Gasteiger partial charge in [0.05, 0.1) is 11.3 Å². The second kappa shape index (κ2) is 15.3. The third-order valence-corrected chi connectivity index (χ3v) is 11.2. The Morgan fingerprint density at radius 2 is 1.60 bits per heavy atom. The molecule has 52 heavy (non-hydrogen) atoms. The highest BCUT2D eigenvalue weighted by molar-refractivity contribution is 7.91. The zero-order chi connectivity index (χ0) is 37.0. The van der Waals surface area contributed by atoms with E-state index in [1.54, 1.807) is 53.6 Å². The molecule has 2 aromatic carbocycles. The first-order valence-corrected chi connectivity index (χ1v) is 19.5. The highest BCUT2D eigenvalue weighted by Crippen LogP contribution is 2.30. The number of pyridine rings is 1. The standard InChI is InChI=1S/C39H45N5O7S/c1-39(2,3)51-38(48)44(31-14-8-5-9-15-31)32-21-20-30(26-41-32)27-16-18-29(19-17-27)34(45)40-22-10-23-42-35(46)33(28-12-6-4-7-13-28)36-43(37(42)47)24-11-25-52(36,49)50/h4,6-7,12-13,16-21,26,31H,5,8-11,14-15,22-25H2,1-3H3,(H,40,45). The minimum Gasteiger partial charge on any atom is -0.443 e. The number of fused-ring (bicyclic) bond motifs is 1. The van der Waals surface area contributed by atoms with Crippen LogP contribution in [0.2, 0.25) is 0 Å². The van der Waals surface area contributed by atoms with E-state index in [4.69, 9.17) is 4.74 Å². The third-order valence-electron chi connectivity index (χ3n) is 9.38. The molecule has 1 aliphatic heterocycles. The Hall–Kier alpha value is -5.04. The van der Waals surface area contributed by atoms with Crippen molar-refractivity contribution in [1.82, 2.24) is 19.4 Å². The maximum absolute atomic E-state index is 13.6. The van der Waals surface area contributed by atoms with E-state index in [-0.39, 0.29) is 60.8 Å².